The van der Waals surface area contributed by atoms with Gasteiger partial charge in [0.1, 0.15) is 29.2 Å². The second kappa shape index (κ2) is 8.32. The van der Waals surface area contributed by atoms with Crippen molar-refractivity contribution in [2.45, 2.75) is 20.5 Å². The standard InChI is InChI=1S/C20H20N2O2S/c1-13-8-15(10-16(11-21)20(22)25)14(2)17(9-13)12-24-19-6-4-18(23-3)5-7-19/h4-10H,12H2,1-3H3,(H2,22,25). The minimum Gasteiger partial charge on any atom is -0.497 e. The summed E-state index contributed by atoms with van der Waals surface area (Å²) in [5, 5.41) is 9.16. The van der Waals surface area contributed by atoms with Crippen molar-refractivity contribution in [3.8, 4) is 17.6 Å². The molecular formula is C20H20N2O2S. The number of nitriles is 1. The van der Waals surface area contributed by atoms with E-state index < -0.39 is 0 Å². The van der Waals surface area contributed by atoms with Gasteiger partial charge in [0, 0.05) is 0 Å². The average molecular weight is 352 g/mol. The van der Waals surface area contributed by atoms with Crippen LogP contribution in [-0.4, -0.2) is 12.1 Å². The van der Waals surface area contributed by atoms with E-state index in [9.17, 15) is 0 Å². The summed E-state index contributed by atoms with van der Waals surface area (Å²) in [7, 11) is 1.63. The van der Waals surface area contributed by atoms with E-state index in [0.29, 0.717) is 12.2 Å². The number of nitrogens with zero attached hydrogens (tertiary/aromatic N) is 1. The molecule has 0 bridgehead atoms. The minimum absolute atomic E-state index is 0.0967. The number of benzene rings is 2. The number of thiocarbonyl (C=S) groups is 1. The van der Waals surface area contributed by atoms with Crippen LogP contribution in [0.1, 0.15) is 22.3 Å². The fourth-order valence-corrected chi connectivity index (χ4v) is 2.52. The number of methoxy groups -OCH3 is 1. The first-order chi connectivity index (χ1) is 11.9. The third-order valence-corrected chi connectivity index (χ3v) is 4.06. The van der Waals surface area contributed by atoms with Crippen molar-refractivity contribution >= 4 is 23.3 Å². The third kappa shape index (κ3) is 4.82. The summed E-state index contributed by atoms with van der Waals surface area (Å²) < 4.78 is 11.0. The van der Waals surface area contributed by atoms with Gasteiger partial charge in [-0.25, -0.2) is 0 Å². The van der Waals surface area contributed by atoms with Gasteiger partial charge < -0.3 is 15.2 Å². The van der Waals surface area contributed by atoms with Crippen LogP contribution in [0, 0.1) is 25.2 Å². The van der Waals surface area contributed by atoms with Crippen LogP contribution in [0.2, 0.25) is 0 Å². The molecule has 0 atom stereocenters. The van der Waals surface area contributed by atoms with E-state index in [1.165, 1.54) is 0 Å². The summed E-state index contributed by atoms with van der Waals surface area (Å²) in [6.07, 6.45) is 1.72. The molecule has 2 N–H and O–H groups in total. The van der Waals surface area contributed by atoms with E-state index >= 15 is 0 Å². The zero-order valence-electron chi connectivity index (χ0n) is 14.5. The van der Waals surface area contributed by atoms with Crippen molar-refractivity contribution < 1.29 is 9.47 Å². The molecule has 0 amide bonds. The van der Waals surface area contributed by atoms with Gasteiger partial charge in [-0.3, -0.25) is 0 Å². The fourth-order valence-electron chi connectivity index (χ4n) is 2.41. The molecule has 2 rings (SSSR count). The Labute approximate surface area is 153 Å². The third-order valence-electron chi connectivity index (χ3n) is 3.84. The van der Waals surface area contributed by atoms with Gasteiger partial charge in [-0.1, -0.05) is 29.9 Å². The Balaban J connectivity index is 2.26. The van der Waals surface area contributed by atoms with Crippen LogP contribution in [0.4, 0.5) is 0 Å². The predicted molar refractivity (Wildman–Crippen MR) is 104 cm³/mol. The molecule has 25 heavy (non-hydrogen) atoms. The van der Waals surface area contributed by atoms with Gasteiger partial charge in [0.05, 0.1) is 12.7 Å². The Hall–Kier alpha value is -2.84. The summed E-state index contributed by atoms with van der Waals surface area (Å²) in [6.45, 7) is 4.42. The van der Waals surface area contributed by atoms with Gasteiger partial charge in [0.25, 0.3) is 0 Å². The predicted octanol–water partition coefficient (Wildman–Crippen LogP) is 4.08. The first-order valence-electron chi connectivity index (χ1n) is 7.73. The van der Waals surface area contributed by atoms with Crippen LogP contribution < -0.4 is 15.2 Å². The van der Waals surface area contributed by atoms with E-state index in [1.54, 1.807) is 13.2 Å². The van der Waals surface area contributed by atoms with Crippen molar-refractivity contribution in [1.29, 1.82) is 5.26 Å². The van der Waals surface area contributed by atoms with Gasteiger partial charge in [-0.05, 0) is 60.9 Å². The highest BCUT2D eigenvalue weighted by Gasteiger charge is 2.08. The molecule has 2 aromatic rings. The Morgan fingerprint density at radius 2 is 1.84 bits per heavy atom. The quantitative estimate of drug-likeness (QED) is 0.482. The molecule has 0 aliphatic carbocycles. The molecule has 0 aromatic heterocycles. The van der Waals surface area contributed by atoms with Crippen LogP contribution in [-0.2, 0) is 6.61 Å². The molecule has 0 saturated carbocycles. The molecule has 5 heteroatoms. The Morgan fingerprint density at radius 1 is 1.20 bits per heavy atom. The van der Waals surface area contributed by atoms with Crippen molar-refractivity contribution in [3.05, 3.63) is 64.2 Å². The maximum absolute atomic E-state index is 9.16. The summed E-state index contributed by atoms with van der Waals surface area (Å²) in [5.41, 5.74) is 9.95. The zero-order valence-corrected chi connectivity index (χ0v) is 15.3. The number of hydrogen-bond donors (Lipinski definition) is 1. The van der Waals surface area contributed by atoms with Crippen LogP contribution in [0.15, 0.2) is 42.0 Å². The van der Waals surface area contributed by atoms with Crippen LogP contribution in [0.5, 0.6) is 11.5 Å². The van der Waals surface area contributed by atoms with Crippen molar-refractivity contribution in [2.75, 3.05) is 7.11 Å². The molecule has 2 aromatic carbocycles. The summed E-state index contributed by atoms with van der Waals surface area (Å²) in [4.78, 5) is 0.0967. The summed E-state index contributed by atoms with van der Waals surface area (Å²) in [6, 6.07) is 13.6. The molecule has 0 heterocycles. The molecule has 0 fully saturated rings. The summed E-state index contributed by atoms with van der Waals surface area (Å²) in [5.74, 6) is 1.55. The molecule has 0 aliphatic rings. The van der Waals surface area contributed by atoms with E-state index in [0.717, 1.165) is 33.8 Å². The van der Waals surface area contributed by atoms with Gasteiger partial charge in [0.2, 0.25) is 0 Å². The number of rotatable bonds is 6. The second-order valence-electron chi connectivity index (χ2n) is 5.64. The van der Waals surface area contributed by atoms with E-state index in [2.05, 4.69) is 6.07 Å². The normalized spacial score (nSPS) is 10.9. The second-order valence-corrected chi connectivity index (χ2v) is 6.08. The SMILES string of the molecule is COc1ccc(OCc2cc(C)cc(C=C(C#N)C(N)=S)c2C)cc1. The van der Waals surface area contributed by atoms with Gasteiger partial charge in [-0.15, -0.1) is 0 Å². The van der Waals surface area contributed by atoms with Gasteiger partial charge in [0.15, 0.2) is 0 Å². The molecule has 0 unspecified atom stereocenters. The van der Waals surface area contributed by atoms with Crippen LogP contribution >= 0.6 is 12.2 Å². The molecule has 4 nitrogen and oxygen atoms in total. The number of nitrogens with two attached hydrogens (primary N) is 1. The van der Waals surface area contributed by atoms with E-state index in [1.807, 2.05) is 50.2 Å². The lowest BCUT2D eigenvalue weighted by atomic mass is 9.98. The minimum atomic E-state index is 0.0967. The van der Waals surface area contributed by atoms with E-state index in [4.69, 9.17) is 32.7 Å². The Kier molecular flexibility index (Phi) is 6.15. The zero-order chi connectivity index (χ0) is 18.4. The highest BCUT2D eigenvalue weighted by atomic mass is 32.1. The molecule has 128 valence electrons. The average Bonchev–Trinajstić information content (AvgIpc) is 2.60. The highest BCUT2D eigenvalue weighted by molar-refractivity contribution is 7.80. The van der Waals surface area contributed by atoms with E-state index in [-0.39, 0.29) is 4.99 Å². The maximum atomic E-state index is 9.16. The van der Waals surface area contributed by atoms with Crippen molar-refractivity contribution in [1.82, 2.24) is 0 Å². The Morgan fingerprint density at radius 3 is 2.40 bits per heavy atom. The van der Waals surface area contributed by atoms with Gasteiger partial charge >= 0.3 is 0 Å². The molecule has 0 saturated heterocycles. The lowest BCUT2D eigenvalue weighted by Crippen LogP contribution is -2.10. The molecule has 0 radical (unpaired) electrons. The topological polar surface area (TPSA) is 68.3 Å². The fraction of sp³-hybridized carbons (Fsp3) is 0.200. The number of aryl methyl sites for hydroxylation is 1. The molecular weight excluding hydrogens is 332 g/mol. The summed E-state index contributed by atoms with van der Waals surface area (Å²) >= 11 is 4.91. The first kappa shape index (κ1) is 18.5. The van der Waals surface area contributed by atoms with Gasteiger partial charge in [-0.2, -0.15) is 5.26 Å². The molecule has 0 aliphatic heterocycles. The van der Waals surface area contributed by atoms with Crippen molar-refractivity contribution in [2.24, 2.45) is 5.73 Å². The smallest absolute Gasteiger partial charge is 0.120 e. The monoisotopic (exact) mass is 352 g/mol. The lowest BCUT2D eigenvalue weighted by molar-refractivity contribution is 0.304. The Bertz CT molecular complexity index is 849. The highest BCUT2D eigenvalue weighted by Crippen LogP contribution is 2.23. The number of hydrogen-bond acceptors (Lipinski definition) is 4. The van der Waals surface area contributed by atoms with Crippen LogP contribution in [0.25, 0.3) is 6.08 Å². The number of ether oxygens (including phenoxy) is 2. The van der Waals surface area contributed by atoms with Crippen molar-refractivity contribution in [3.63, 3.8) is 0 Å². The maximum Gasteiger partial charge on any atom is 0.120 e. The first-order valence-corrected chi connectivity index (χ1v) is 8.14. The lowest BCUT2D eigenvalue weighted by Gasteiger charge is -2.13. The molecule has 0 spiro atoms. The van der Waals surface area contributed by atoms with Crippen LogP contribution in [0.3, 0.4) is 0 Å². The largest absolute Gasteiger partial charge is 0.497 e.